The number of rotatable bonds is 3. The number of amides is 1. The summed E-state index contributed by atoms with van der Waals surface area (Å²) >= 11 is 3.31. The van der Waals surface area contributed by atoms with Crippen molar-refractivity contribution in [1.82, 2.24) is 5.32 Å². The molecule has 0 saturated heterocycles. The van der Waals surface area contributed by atoms with Gasteiger partial charge in [-0.25, -0.2) is 0 Å². The number of hydrogen-bond donors (Lipinski definition) is 2. The van der Waals surface area contributed by atoms with Gasteiger partial charge in [0.25, 0.3) is 5.91 Å². The van der Waals surface area contributed by atoms with E-state index in [1.54, 1.807) is 12.1 Å². The number of benzene rings is 1. The number of halogens is 1. The molecule has 0 saturated carbocycles. The average molecular weight is 281 g/mol. The topological polar surface area (TPSA) is 77.3 Å². The van der Waals surface area contributed by atoms with E-state index < -0.39 is 5.91 Å². The largest absolute Gasteiger partial charge is 0.353 e. The Morgan fingerprint density at radius 2 is 2.19 bits per heavy atom. The Balaban J connectivity index is 2.84. The maximum absolute atomic E-state index is 11.1. The molecule has 1 aromatic rings. The quantitative estimate of drug-likeness (QED) is 0.651. The number of nitrogens with one attached hydrogen (secondary N) is 2. The van der Waals surface area contributed by atoms with E-state index in [1.165, 1.54) is 7.05 Å². The van der Waals surface area contributed by atoms with Crippen LogP contribution >= 0.6 is 15.9 Å². The summed E-state index contributed by atoms with van der Waals surface area (Å²) in [7, 11) is 1.44. The van der Waals surface area contributed by atoms with Crippen LogP contribution in [0.2, 0.25) is 0 Å². The van der Waals surface area contributed by atoms with Crippen molar-refractivity contribution in [2.45, 2.75) is 0 Å². The fraction of sp³-hybridized carbons (Fsp3) is 0.100. The second-order valence-electron chi connectivity index (χ2n) is 2.74. The molecule has 2 N–H and O–H groups in total. The van der Waals surface area contributed by atoms with E-state index in [2.05, 4.69) is 31.8 Å². The van der Waals surface area contributed by atoms with Gasteiger partial charge in [0, 0.05) is 11.5 Å². The molecule has 1 aromatic carbocycles. The Bertz CT molecular complexity index is 464. The number of anilines is 1. The van der Waals surface area contributed by atoms with E-state index in [9.17, 15) is 4.79 Å². The summed E-state index contributed by atoms with van der Waals surface area (Å²) in [6.45, 7) is 0. The molecule has 82 valence electrons. The van der Waals surface area contributed by atoms with Crippen LogP contribution in [0.25, 0.3) is 0 Å². The first-order valence-electron chi connectivity index (χ1n) is 4.39. The minimum Gasteiger partial charge on any atom is -0.353 e. The van der Waals surface area contributed by atoms with Gasteiger partial charge >= 0.3 is 0 Å². The van der Waals surface area contributed by atoms with Gasteiger partial charge in [-0.1, -0.05) is 12.1 Å². The van der Waals surface area contributed by atoms with Gasteiger partial charge in [0.2, 0.25) is 5.71 Å². The molecule has 0 heterocycles. The zero-order chi connectivity index (χ0) is 12.0. The van der Waals surface area contributed by atoms with Crippen molar-refractivity contribution in [2.24, 2.45) is 5.10 Å². The maximum Gasteiger partial charge on any atom is 0.282 e. The van der Waals surface area contributed by atoms with Crippen LogP contribution in [0.15, 0.2) is 33.8 Å². The number of nitriles is 1. The van der Waals surface area contributed by atoms with Crippen molar-refractivity contribution in [1.29, 1.82) is 5.26 Å². The molecule has 0 atom stereocenters. The second kappa shape index (κ2) is 5.88. The molecule has 0 aliphatic heterocycles. The third-order valence-electron chi connectivity index (χ3n) is 1.71. The van der Waals surface area contributed by atoms with Crippen molar-refractivity contribution in [3.05, 3.63) is 28.7 Å². The molecule has 0 aliphatic rings. The van der Waals surface area contributed by atoms with E-state index in [4.69, 9.17) is 5.26 Å². The molecule has 1 rings (SSSR count). The first-order chi connectivity index (χ1) is 7.69. The van der Waals surface area contributed by atoms with Crippen molar-refractivity contribution >= 4 is 33.2 Å². The average Bonchev–Trinajstić information content (AvgIpc) is 2.31. The molecule has 0 spiro atoms. The number of hydrazone groups is 1. The fourth-order valence-corrected chi connectivity index (χ4v) is 1.29. The molecule has 0 fully saturated rings. The Morgan fingerprint density at radius 3 is 2.75 bits per heavy atom. The zero-order valence-electron chi connectivity index (χ0n) is 8.49. The van der Waals surface area contributed by atoms with Gasteiger partial charge in [0.15, 0.2) is 0 Å². The molecule has 0 radical (unpaired) electrons. The van der Waals surface area contributed by atoms with Gasteiger partial charge in [0.1, 0.15) is 6.07 Å². The lowest BCUT2D eigenvalue weighted by Gasteiger charge is -2.03. The molecule has 0 unspecified atom stereocenters. The lowest BCUT2D eigenvalue weighted by atomic mass is 10.3. The zero-order valence-corrected chi connectivity index (χ0v) is 10.1. The highest BCUT2D eigenvalue weighted by Crippen LogP contribution is 2.20. The molecule has 0 aromatic heterocycles. The summed E-state index contributed by atoms with van der Waals surface area (Å²) in [5.41, 5.74) is 3.09. The van der Waals surface area contributed by atoms with Crippen LogP contribution < -0.4 is 10.7 Å². The highest BCUT2D eigenvalue weighted by Gasteiger charge is 2.08. The summed E-state index contributed by atoms with van der Waals surface area (Å²) in [5.74, 6) is -0.526. The Morgan fingerprint density at radius 1 is 1.50 bits per heavy atom. The Labute approximate surface area is 101 Å². The number of para-hydroxylation sites is 1. The summed E-state index contributed by atoms with van der Waals surface area (Å²) < 4.78 is 0.799. The normalized spacial score (nSPS) is 10.4. The molecule has 16 heavy (non-hydrogen) atoms. The monoisotopic (exact) mass is 280 g/mol. The molecule has 1 amide bonds. The summed E-state index contributed by atoms with van der Waals surface area (Å²) in [5, 5.41) is 14.7. The lowest BCUT2D eigenvalue weighted by Crippen LogP contribution is -2.27. The van der Waals surface area contributed by atoms with Gasteiger partial charge in [-0.2, -0.15) is 10.4 Å². The van der Waals surface area contributed by atoms with Crippen LogP contribution in [-0.4, -0.2) is 18.7 Å². The van der Waals surface area contributed by atoms with Crippen molar-refractivity contribution < 1.29 is 4.79 Å². The molecular formula is C10H9BrN4O. The fourth-order valence-electron chi connectivity index (χ4n) is 0.913. The van der Waals surface area contributed by atoms with E-state index in [-0.39, 0.29) is 5.71 Å². The number of carbonyl (C=O) groups is 1. The predicted octanol–water partition coefficient (Wildman–Crippen LogP) is 1.49. The van der Waals surface area contributed by atoms with Gasteiger partial charge in [-0.3, -0.25) is 10.2 Å². The first kappa shape index (κ1) is 12.2. The number of nitrogens with zero attached hydrogens (tertiary/aromatic N) is 2. The van der Waals surface area contributed by atoms with Crippen LogP contribution in [0.3, 0.4) is 0 Å². The van der Waals surface area contributed by atoms with Crippen LogP contribution in [0.4, 0.5) is 5.69 Å². The maximum atomic E-state index is 11.1. The van der Waals surface area contributed by atoms with E-state index >= 15 is 0 Å². The second-order valence-corrected chi connectivity index (χ2v) is 3.60. The van der Waals surface area contributed by atoms with Gasteiger partial charge in [-0.05, 0) is 28.1 Å². The van der Waals surface area contributed by atoms with Crippen LogP contribution in [0, 0.1) is 11.3 Å². The molecular weight excluding hydrogens is 272 g/mol. The van der Waals surface area contributed by atoms with E-state index in [0.717, 1.165) is 4.47 Å². The standard InChI is InChI=1S/C10H9BrN4O/c1-13-10(16)9(6-12)15-14-8-5-3-2-4-7(8)11/h2-5,14H,1H3,(H,13,16)/b15-9+. The third-order valence-corrected chi connectivity index (χ3v) is 2.40. The van der Waals surface area contributed by atoms with Gasteiger partial charge < -0.3 is 5.32 Å². The van der Waals surface area contributed by atoms with Gasteiger partial charge in [0.05, 0.1) is 5.69 Å². The minimum atomic E-state index is -0.526. The molecule has 0 bridgehead atoms. The van der Waals surface area contributed by atoms with E-state index in [1.807, 2.05) is 18.2 Å². The SMILES string of the molecule is CNC(=O)/C(C#N)=N/Nc1ccccc1Br. The molecule has 0 aliphatic carbocycles. The van der Waals surface area contributed by atoms with Crippen LogP contribution in [0.5, 0.6) is 0 Å². The summed E-state index contributed by atoms with van der Waals surface area (Å²) in [6, 6.07) is 8.96. The summed E-state index contributed by atoms with van der Waals surface area (Å²) in [4.78, 5) is 11.1. The highest BCUT2D eigenvalue weighted by atomic mass is 79.9. The minimum absolute atomic E-state index is 0.224. The van der Waals surface area contributed by atoms with Crippen LogP contribution in [0.1, 0.15) is 0 Å². The van der Waals surface area contributed by atoms with Crippen molar-refractivity contribution in [2.75, 3.05) is 12.5 Å². The number of carbonyl (C=O) groups excluding carboxylic acids is 1. The van der Waals surface area contributed by atoms with Crippen LogP contribution in [-0.2, 0) is 4.79 Å². The van der Waals surface area contributed by atoms with E-state index in [0.29, 0.717) is 5.69 Å². The molecule has 5 nitrogen and oxygen atoms in total. The number of hydrogen-bond acceptors (Lipinski definition) is 4. The lowest BCUT2D eigenvalue weighted by molar-refractivity contribution is -0.114. The first-order valence-corrected chi connectivity index (χ1v) is 5.18. The Kier molecular flexibility index (Phi) is 4.48. The third kappa shape index (κ3) is 3.07. The molecule has 6 heteroatoms. The predicted molar refractivity (Wildman–Crippen MR) is 64.9 cm³/mol. The van der Waals surface area contributed by atoms with Gasteiger partial charge in [-0.15, -0.1) is 0 Å². The van der Waals surface area contributed by atoms with Crippen molar-refractivity contribution in [3.8, 4) is 6.07 Å². The Hall–Kier alpha value is -1.87. The summed E-state index contributed by atoms with van der Waals surface area (Å²) in [6.07, 6.45) is 0. The van der Waals surface area contributed by atoms with Crippen molar-refractivity contribution in [3.63, 3.8) is 0 Å². The smallest absolute Gasteiger partial charge is 0.282 e. The highest BCUT2D eigenvalue weighted by molar-refractivity contribution is 9.10.